The van der Waals surface area contributed by atoms with E-state index >= 15 is 0 Å². The minimum Gasteiger partial charge on any atom is -0.768 e. The summed E-state index contributed by atoms with van der Waals surface area (Å²) in [5.74, 6) is 0. The topological polar surface area (TPSA) is 53.0 Å². The number of hydrogen-bond donors (Lipinski definition) is 0. The van der Waals surface area contributed by atoms with E-state index in [9.17, 15) is 8.76 Å². The second kappa shape index (κ2) is 5.32. The lowest BCUT2D eigenvalue weighted by Crippen LogP contribution is -1.91. The Morgan fingerprint density at radius 2 is 1.80 bits per heavy atom. The molecule has 0 saturated carbocycles. The van der Waals surface area contributed by atoms with Crippen molar-refractivity contribution in [2.75, 3.05) is 0 Å². The van der Waals surface area contributed by atoms with E-state index in [1.807, 2.05) is 30.3 Å². The largest absolute Gasteiger partial charge is 0.768 e. The van der Waals surface area contributed by atoms with Crippen molar-refractivity contribution in [3.8, 4) is 11.3 Å². The normalized spacial score (nSPS) is 12.5. The molecule has 1 unspecified atom stereocenters. The summed E-state index contributed by atoms with van der Waals surface area (Å²) in [7, 11) is 0. The molecule has 1 aromatic heterocycles. The molecule has 0 radical (unpaired) electrons. The lowest BCUT2D eigenvalue weighted by atomic mass is 10.1. The van der Waals surface area contributed by atoms with Crippen LogP contribution in [0.5, 0.6) is 0 Å². The lowest BCUT2D eigenvalue weighted by molar-refractivity contribution is 0.537. The van der Waals surface area contributed by atoms with Gasteiger partial charge in [0.05, 0.1) is 16.2 Å². The van der Waals surface area contributed by atoms with E-state index in [1.54, 1.807) is 12.1 Å². The van der Waals surface area contributed by atoms with Gasteiger partial charge in [-0.15, -0.1) is 0 Å². The van der Waals surface area contributed by atoms with Crippen molar-refractivity contribution in [1.82, 2.24) is 4.98 Å². The highest BCUT2D eigenvalue weighted by molar-refractivity contribution is 7.79. The number of nitrogens with zero attached hydrogens (tertiary/aromatic N) is 1. The van der Waals surface area contributed by atoms with Crippen molar-refractivity contribution in [3.63, 3.8) is 0 Å². The van der Waals surface area contributed by atoms with E-state index in [0.29, 0.717) is 15.9 Å². The highest BCUT2D eigenvalue weighted by atomic mass is 35.5. The quantitative estimate of drug-likeness (QED) is 0.677. The third-order valence-corrected chi connectivity index (χ3v) is 3.94. The summed E-state index contributed by atoms with van der Waals surface area (Å²) in [5.41, 5.74) is 2.40. The van der Waals surface area contributed by atoms with Gasteiger partial charge in [-0.1, -0.05) is 41.9 Å². The molecule has 0 bridgehead atoms. The van der Waals surface area contributed by atoms with Gasteiger partial charge < -0.3 is 4.55 Å². The number of hydrogen-bond acceptors (Lipinski definition) is 3. The third-order valence-electron chi connectivity index (χ3n) is 2.99. The number of benzene rings is 2. The summed E-state index contributed by atoms with van der Waals surface area (Å²) in [6.45, 7) is 0. The van der Waals surface area contributed by atoms with Crippen LogP contribution in [0.15, 0.2) is 59.5 Å². The molecule has 20 heavy (non-hydrogen) atoms. The van der Waals surface area contributed by atoms with Crippen molar-refractivity contribution in [3.05, 3.63) is 59.6 Å². The average molecular weight is 303 g/mol. The summed E-state index contributed by atoms with van der Waals surface area (Å²) in [6.07, 6.45) is 0. The summed E-state index contributed by atoms with van der Waals surface area (Å²) in [4.78, 5) is 4.72. The molecule has 3 nitrogen and oxygen atoms in total. The number of pyridine rings is 1. The molecular weight excluding hydrogens is 294 g/mol. The van der Waals surface area contributed by atoms with Crippen LogP contribution < -0.4 is 0 Å². The highest BCUT2D eigenvalue weighted by Gasteiger charge is 2.07. The number of rotatable bonds is 2. The van der Waals surface area contributed by atoms with E-state index in [2.05, 4.69) is 4.98 Å². The van der Waals surface area contributed by atoms with Gasteiger partial charge >= 0.3 is 0 Å². The molecule has 0 saturated heterocycles. The maximum Gasteiger partial charge on any atom is 0.0725 e. The lowest BCUT2D eigenvalue weighted by Gasteiger charge is -2.09. The second-order valence-corrected chi connectivity index (χ2v) is 5.62. The Morgan fingerprint density at radius 1 is 1.05 bits per heavy atom. The van der Waals surface area contributed by atoms with Gasteiger partial charge in [-0.05, 0) is 35.3 Å². The fourth-order valence-electron chi connectivity index (χ4n) is 2.02. The minimum absolute atomic E-state index is 0.202. The zero-order valence-electron chi connectivity index (χ0n) is 10.2. The average Bonchev–Trinajstić information content (AvgIpc) is 2.47. The first-order chi connectivity index (χ1) is 9.65. The SMILES string of the molecule is O=S([O-])c1ccc2nc(-c3ccccc3)cc(Cl)c2c1. The maximum absolute atomic E-state index is 11.0. The van der Waals surface area contributed by atoms with Crippen LogP contribution in [0.4, 0.5) is 0 Å². The molecule has 0 fully saturated rings. The maximum atomic E-state index is 11.0. The van der Waals surface area contributed by atoms with Crippen molar-refractivity contribution in [1.29, 1.82) is 0 Å². The summed E-state index contributed by atoms with van der Waals surface area (Å²) in [6, 6.07) is 16.2. The first-order valence-corrected chi connectivity index (χ1v) is 7.35. The Hall–Kier alpha value is -1.75. The fraction of sp³-hybridized carbons (Fsp3) is 0. The summed E-state index contributed by atoms with van der Waals surface area (Å²) in [5, 5.41) is 1.12. The molecular formula is C15H9ClNO2S-. The Kier molecular flexibility index (Phi) is 3.53. The van der Waals surface area contributed by atoms with Gasteiger partial charge in [-0.25, -0.2) is 4.98 Å². The zero-order chi connectivity index (χ0) is 14.1. The molecule has 0 aliphatic rings. The predicted molar refractivity (Wildman–Crippen MR) is 79.4 cm³/mol. The van der Waals surface area contributed by atoms with Gasteiger partial charge in [-0.2, -0.15) is 0 Å². The van der Waals surface area contributed by atoms with Crippen LogP contribution in [0.2, 0.25) is 5.02 Å². The molecule has 0 N–H and O–H groups in total. The second-order valence-electron chi connectivity index (χ2n) is 4.27. The van der Waals surface area contributed by atoms with Gasteiger partial charge in [0.2, 0.25) is 0 Å². The van der Waals surface area contributed by atoms with Gasteiger partial charge in [0, 0.05) is 15.8 Å². The van der Waals surface area contributed by atoms with E-state index < -0.39 is 11.1 Å². The molecule has 1 heterocycles. The molecule has 0 aliphatic heterocycles. The van der Waals surface area contributed by atoms with Crippen molar-refractivity contribution >= 4 is 33.6 Å². The molecule has 100 valence electrons. The molecule has 3 rings (SSSR count). The first-order valence-electron chi connectivity index (χ1n) is 5.90. The minimum atomic E-state index is -2.27. The van der Waals surface area contributed by atoms with E-state index in [4.69, 9.17) is 11.6 Å². The van der Waals surface area contributed by atoms with Crippen LogP contribution in [0.1, 0.15) is 0 Å². The van der Waals surface area contributed by atoms with E-state index in [0.717, 1.165) is 11.3 Å². The van der Waals surface area contributed by atoms with Gasteiger partial charge in [0.15, 0.2) is 0 Å². The smallest absolute Gasteiger partial charge is 0.0725 e. The van der Waals surface area contributed by atoms with E-state index in [1.165, 1.54) is 12.1 Å². The van der Waals surface area contributed by atoms with Crippen LogP contribution in [0.3, 0.4) is 0 Å². The molecule has 2 aromatic carbocycles. The van der Waals surface area contributed by atoms with Crippen LogP contribution in [-0.4, -0.2) is 13.7 Å². The Morgan fingerprint density at radius 3 is 2.50 bits per heavy atom. The molecule has 1 atom stereocenters. The van der Waals surface area contributed by atoms with Crippen molar-refractivity contribution in [2.45, 2.75) is 4.90 Å². The number of fused-ring (bicyclic) bond motifs is 1. The van der Waals surface area contributed by atoms with E-state index in [-0.39, 0.29) is 4.90 Å². The molecule has 0 aliphatic carbocycles. The zero-order valence-corrected chi connectivity index (χ0v) is 11.8. The van der Waals surface area contributed by atoms with Crippen molar-refractivity contribution < 1.29 is 8.76 Å². The third kappa shape index (κ3) is 2.45. The summed E-state index contributed by atoms with van der Waals surface area (Å²) < 4.78 is 22.0. The monoisotopic (exact) mass is 302 g/mol. The highest BCUT2D eigenvalue weighted by Crippen LogP contribution is 2.29. The Labute approximate surface area is 123 Å². The van der Waals surface area contributed by atoms with Gasteiger partial charge in [0.25, 0.3) is 0 Å². The fourth-order valence-corrected chi connectivity index (χ4v) is 2.67. The predicted octanol–water partition coefficient (Wildman–Crippen LogP) is 3.79. The standard InChI is InChI=1S/C15H10ClNO2S/c16-13-9-15(10-4-2-1-3-5-10)17-14-7-6-11(20(18)19)8-12(13)14/h1-9H,(H,18,19)/p-1. The Bertz CT molecular complexity index is 806. The van der Waals surface area contributed by atoms with Crippen LogP contribution in [0, 0.1) is 0 Å². The number of aromatic nitrogens is 1. The molecule has 5 heteroatoms. The Balaban J connectivity index is 2.21. The van der Waals surface area contributed by atoms with Crippen LogP contribution >= 0.6 is 11.6 Å². The van der Waals surface area contributed by atoms with Gasteiger partial charge in [0.1, 0.15) is 0 Å². The van der Waals surface area contributed by atoms with Crippen molar-refractivity contribution in [2.24, 2.45) is 0 Å². The first kappa shape index (κ1) is 13.2. The molecule has 3 aromatic rings. The number of halogens is 1. The molecule has 0 spiro atoms. The van der Waals surface area contributed by atoms with Gasteiger partial charge in [-0.3, -0.25) is 4.21 Å². The van der Waals surface area contributed by atoms with Crippen LogP contribution in [0.25, 0.3) is 22.2 Å². The van der Waals surface area contributed by atoms with Crippen LogP contribution in [-0.2, 0) is 11.1 Å². The summed E-state index contributed by atoms with van der Waals surface area (Å²) >= 11 is 3.98. The molecule has 0 amide bonds.